The Kier molecular flexibility index (Phi) is 3.87. The van der Waals surface area contributed by atoms with E-state index < -0.39 is 23.5 Å². The van der Waals surface area contributed by atoms with Gasteiger partial charge in [-0.1, -0.05) is 0 Å². The van der Waals surface area contributed by atoms with E-state index >= 15 is 0 Å². The number of hydrogen-bond acceptors (Lipinski definition) is 3. The van der Waals surface area contributed by atoms with Crippen LogP contribution in [0.25, 0.3) is 0 Å². The van der Waals surface area contributed by atoms with E-state index in [1.165, 1.54) is 13.8 Å². The summed E-state index contributed by atoms with van der Waals surface area (Å²) in [7, 11) is 0. The summed E-state index contributed by atoms with van der Waals surface area (Å²) in [6.45, 7) is 2.73. The van der Waals surface area contributed by atoms with E-state index in [2.05, 4.69) is 0 Å². The molecule has 13 heavy (non-hydrogen) atoms. The third-order valence-electron chi connectivity index (χ3n) is 2.02. The molecule has 0 fully saturated rings. The van der Waals surface area contributed by atoms with Gasteiger partial charge < -0.3 is 15.3 Å². The van der Waals surface area contributed by atoms with Gasteiger partial charge in [-0.25, -0.2) is 0 Å². The van der Waals surface area contributed by atoms with Crippen molar-refractivity contribution in [3.8, 4) is 0 Å². The topological polar surface area (TPSA) is 94.8 Å². The van der Waals surface area contributed by atoms with Crippen LogP contribution in [-0.2, 0) is 9.59 Å². The third kappa shape index (κ3) is 3.42. The van der Waals surface area contributed by atoms with Crippen molar-refractivity contribution in [1.29, 1.82) is 0 Å². The van der Waals surface area contributed by atoms with Crippen molar-refractivity contribution in [2.45, 2.75) is 32.8 Å². The zero-order valence-corrected chi connectivity index (χ0v) is 7.65. The highest BCUT2D eigenvalue weighted by Crippen LogP contribution is 2.23. The van der Waals surface area contributed by atoms with Crippen LogP contribution in [0.4, 0.5) is 0 Å². The lowest BCUT2D eigenvalue weighted by Crippen LogP contribution is -2.37. The summed E-state index contributed by atoms with van der Waals surface area (Å²) < 4.78 is 0. The molecule has 1 atom stereocenters. The number of aliphatic hydroxyl groups is 1. The number of aliphatic carboxylic acids is 2. The van der Waals surface area contributed by atoms with Crippen LogP contribution in [0.5, 0.6) is 0 Å². The Morgan fingerprint density at radius 2 is 1.77 bits per heavy atom. The maximum Gasteiger partial charge on any atom is 0.311 e. The SMILES string of the molecule is CC(C)(C(=O)O)C(O)CCC(=O)O. The van der Waals surface area contributed by atoms with Crippen molar-refractivity contribution >= 4 is 11.9 Å². The molecule has 0 bridgehead atoms. The molecule has 0 aromatic carbocycles. The molecule has 0 aromatic rings. The first kappa shape index (κ1) is 11.9. The van der Waals surface area contributed by atoms with Gasteiger partial charge in [0.1, 0.15) is 0 Å². The lowest BCUT2D eigenvalue weighted by Gasteiger charge is -2.25. The highest BCUT2D eigenvalue weighted by Gasteiger charge is 2.35. The molecular weight excluding hydrogens is 176 g/mol. The summed E-state index contributed by atoms with van der Waals surface area (Å²) >= 11 is 0. The average Bonchev–Trinajstić information content (AvgIpc) is 1.99. The number of carboxylic acids is 2. The maximum atomic E-state index is 10.6. The van der Waals surface area contributed by atoms with E-state index in [1.807, 2.05) is 0 Å². The quantitative estimate of drug-likeness (QED) is 0.580. The van der Waals surface area contributed by atoms with Gasteiger partial charge in [0.05, 0.1) is 11.5 Å². The molecule has 0 rings (SSSR count). The molecule has 5 heteroatoms. The van der Waals surface area contributed by atoms with Crippen LogP contribution in [0.1, 0.15) is 26.7 Å². The summed E-state index contributed by atoms with van der Waals surface area (Å²) in [5.41, 5.74) is -1.30. The predicted molar refractivity (Wildman–Crippen MR) is 44.3 cm³/mol. The number of carboxylic acid groups (broad SMARTS) is 2. The first-order chi connectivity index (χ1) is 5.78. The first-order valence-corrected chi connectivity index (χ1v) is 3.91. The summed E-state index contributed by atoms with van der Waals surface area (Å²) in [4.78, 5) is 20.7. The molecule has 0 radical (unpaired) electrons. The molecule has 1 unspecified atom stereocenters. The van der Waals surface area contributed by atoms with Crippen LogP contribution in [0, 0.1) is 5.41 Å². The Morgan fingerprint density at radius 1 is 1.31 bits per heavy atom. The van der Waals surface area contributed by atoms with Crippen molar-refractivity contribution in [3.63, 3.8) is 0 Å². The summed E-state index contributed by atoms with van der Waals surface area (Å²) in [6.07, 6.45) is -1.41. The molecule has 0 saturated heterocycles. The molecule has 0 saturated carbocycles. The number of carbonyl (C=O) groups is 2. The minimum absolute atomic E-state index is 0.0470. The van der Waals surface area contributed by atoms with E-state index in [0.717, 1.165) is 0 Å². The fourth-order valence-corrected chi connectivity index (χ4v) is 0.764. The Hall–Kier alpha value is -1.10. The zero-order chi connectivity index (χ0) is 10.6. The first-order valence-electron chi connectivity index (χ1n) is 3.91. The number of aliphatic hydroxyl groups excluding tert-OH is 1. The van der Waals surface area contributed by atoms with Crippen molar-refractivity contribution in [1.82, 2.24) is 0 Å². The number of rotatable bonds is 5. The molecule has 0 aliphatic heterocycles. The van der Waals surface area contributed by atoms with Gasteiger partial charge in [0.15, 0.2) is 0 Å². The van der Waals surface area contributed by atoms with Gasteiger partial charge in [-0.3, -0.25) is 9.59 Å². The highest BCUT2D eigenvalue weighted by atomic mass is 16.4. The lowest BCUT2D eigenvalue weighted by atomic mass is 9.84. The number of hydrogen-bond donors (Lipinski definition) is 3. The summed E-state index contributed by atoms with van der Waals surface area (Å²) in [6, 6.07) is 0. The van der Waals surface area contributed by atoms with Crippen LogP contribution in [-0.4, -0.2) is 33.4 Å². The van der Waals surface area contributed by atoms with E-state index in [0.29, 0.717) is 0 Å². The van der Waals surface area contributed by atoms with Gasteiger partial charge in [-0.2, -0.15) is 0 Å². The van der Waals surface area contributed by atoms with Crippen molar-refractivity contribution in [2.24, 2.45) is 5.41 Å². The molecular formula is C8H14O5. The van der Waals surface area contributed by atoms with Crippen LogP contribution in [0.2, 0.25) is 0 Å². The van der Waals surface area contributed by atoms with Crippen LogP contribution in [0.3, 0.4) is 0 Å². The zero-order valence-electron chi connectivity index (χ0n) is 7.65. The van der Waals surface area contributed by atoms with Crippen LogP contribution < -0.4 is 0 Å². The van der Waals surface area contributed by atoms with Gasteiger partial charge in [0, 0.05) is 6.42 Å². The van der Waals surface area contributed by atoms with Gasteiger partial charge in [0.25, 0.3) is 0 Å². The Morgan fingerprint density at radius 3 is 2.08 bits per heavy atom. The standard InChI is InChI=1S/C8H14O5/c1-8(2,7(12)13)5(9)3-4-6(10)11/h5,9H,3-4H2,1-2H3,(H,10,11)(H,12,13). The minimum atomic E-state index is -1.30. The summed E-state index contributed by atoms with van der Waals surface area (Å²) in [5, 5.41) is 26.3. The Balaban J connectivity index is 4.17. The van der Waals surface area contributed by atoms with E-state index in [1.54, 1.807) is 0 Å². The lowest BCUT2D eigenvalue weighted by molar-refractivity contribution is -0.154. The van der Waals surface area contributed by atoms with Crippen LogP contribution in [0.15, 0.2) is 0 Å². The Bertz CT molecular complexity index is 209. The summed E-state index contributed by atoms with van der Waals surface area (Å²) in [5.74, 6) is -2.18. The molecule has 0 aromatic heterocycles. The highest BCUT2D eigenvalue weighted by molar-refractivity contribution is 5.74. The molecule has 0 aliphatic carbocycles. The smallest absolute Gasteiger partial charge is 0.311 e. The molecule has 0 amide bonds. The normalized spacial score (nSPS) is 13.8. The van der Waals surface area contributed by atoms with E-state index in [4.69, 9.17) is 10.2 Å². The predicted octanol–water partition coefficient (Wildman–Crippen LogP) is 0.323. The van der Waals surface area contributed by atoms with Crippen molar-refractivity contribution in [2.75, 3.05) is 0 Å². The van der Waals surface area contributed by atoms with Gasteiger partial charge in [-0.05, 0) is 20.3 Å². The second-order valence-corrected chi connectivity index (χ2v) is 3.48. The fourth-order valence-electron chi connectivity index (χ4n) is 0.764. The second-order valence-electron chi connectivity index (χ2n) is 3.48. The fraction of sp³-hybridized carbons (Fsp3) is 0.750. The van der Waals surface area contributed by atoms with Gasteiger partial charge in [0.2, 0.25) is 0 Å². The van der Waals surface area contributed by atoms with Gasteiger partial charge >= 0.3 is 11.9 Å². The molecule has 0 aliphatic rings. The molecule has 5 nitrogen and oxygen atoms in total. The monoisotopic (exact) mass is 190 g/mol. The molecule has 0 heterocycles. The van der Waals surface area contributed by atoms with Crippen molar-refractivity contribution < 1.29 is 24.9 Å². The molecule has 0 spiro atoms. The second kappa shape index (κ2) is 4.23. The third-order valence-corrected chi connectivity index (χ3v) is 2.02. The largest absolute Gasteiger partial charge is 0.481 e. The van der Waals surface area contributed by atoms with Gasteiger partial charge in [-0.15, -0.1) is 0 Å². The Labute approximate surface area is 76.0 Å². The minimum Gasteiger partial charge on any atom is -0.481 e. The average molecular weight is 190 g/mol. The molecule has 76 valence electrons. The van der Waals surface area contributed by atoms with E-state index in [9.17, 15) is 14.7 Å². The van der Waals surface area contributed by atoms with Crippen molar-refractivity contribution in [3.05, 3.63) is 0 Å². The maximum absolute atomic E-state index is 10.6. The molecule has 3 N–H and O–H groups in total. The van der Waals surface area contributed by atoms with Crippen LogP contribution >= 0.6 is 0 Å². The van der Waals surface area contributed by atoms with E-state index in [-0.39, 0.29) is 12.8 Å².